The Hall–Kier alpha value is -1.55. The summed E-state index contributed by atoms with van der Waals surface area (Å²) in [5.74, 6) is -1.06. The molecule has 1 fully saturated rings. The summed E-state index contributed by atoms with van der Waals surface area (Å²) in [6.45, 7) is 7.02. The molecular formula is C16H21ClN2O2. The van der Waals surface area contributed by atoms with Crippen molar-refractivity contribution in [3.05, 3.63) is 34.9 Å². The maximum Gasteiger partial charge on any atom is 0.233 e. The van der Waals surface area contributed by atoms with E-state index >= 15 is 0 Å². The van der Waals surface area contributed by atoms with E-state index in [1.165, 1.54) is 0 Å². The van der Waals surface area contributed by atoms with Crippen LogP contribution in [0, 0.1) is 17.3 Å². The van der Waals surface area contributed by atoms with Crippen LogP contribution < -0.4 is 10.6 Å². The highest BCUT2D eigenvalue weighted by atomic mass is 35.5. The first-order valence-corrected chi connectivity index (χ1v) is 7.47. The summed E-state index contributed by atoms with van der Waals surface area (Å²) in [4.78, 5) is 24.3. The Labute approximate surface area is 130 Å². The van der Waals surface area contributed by atoms with Gasteiger partial charge in [0.15, 0.2) is 0 Å². The second kappa shape index (κ2) is 6.06. The highest BCUT2D eigenvalue weighted by Gasteiger charge is 2.45. The summed E-state index contributed by atoms with van der Waals surface area (Å²) in [6, 6.07) is 7.35. The minimum Gasteiger partial charge on any atom is -0.355 e. The lowest BCUT2D eigenvalue weighted by Crippen LogP contribution is -2.40. The predicted molar refractivity (Wildman–Crippen MR) is 82.7 cm³/mol. The van der Waals surface area contributed by atoms with E-state index in [1.807, 2.05) is 39.0 Å². The van der Waals surface area contributed by atoms with Gasteiger partial charge in [0.1, 0.15) is 5.92 Å². The van der Waals surface area contributed by atoms with E-state index in [-0.39, 0.29) is 23.1 Å². The van der Waals surface area contributed by atoms with E-state index in [4.69, 9.17) is 11.6 Å². The summed E-state index contributed by atoms with van der Waals surface area (Å²) in [5, 5.41) is 6.23. The molecule has 0 aromatic heterocycles. The zero-order valence-corrected chi connectivity index (χ0v) is 13.3. The molecule has 1 aliphatic rings. The molecule has 2 N–H and O–H groups in total. The number of amides is 2. The zero-order valence-electron chi connectivity index (χ0n) is 12.6. The SMILES string of the molecule is CC(C)(C)[C@H]1CNC(=O)[C@@H]1C(=O)NCc1ccccc1Cl. The van der Waals surface area contributed by atoms with Gasteiger partial charge in [0.25, 0.3) is 0 Å². The first kappa shape index (κ1) is 15.8. The monoisotopic (exact) mass is 308 g/mol. The average molecular weight is 309 g/mol. The van der Waals surface area contributed by atoms with Crippen LogP contribution in [0.3, 0.4) is 0 Å². The number of nitrogens with one attached hydrogen (secondary N) is 2. The normalized spacial score (nSPS) is 22.0. The molecule has 0 radical (unpaired) electrons. The Morgan fingerprint density at radius 2 is 2.05 bits per heavy atom. The summed E-state index contributed by atoms with van der Waals surface area (Å²) < 4.78 is 0. The van der Waals surface area contributed by atoms with Gasteiger partial charge >= 0.3 is 0 Å². The van der Waals surface area contributed by atoms with Crippen LogP contribution in [-0.4, -0.2) is 18.4 Å². The van der Waals surface area contributed by atoms with E-state index in [1.54, 1.807) is 6.07 Å². The highest BCUT2D eigenvalue weighted by Crippen LogP contribution is 2.35. The van der Waals surface area contributed by atoms with Crippen molar-refractivity contribution in [1.29, 1.82) is 0 Å². The van der Waals surface area contributed by atoms with Crippen LogP contribution in [-0.2, 0) is 16.1 Å². The van der Waals surface area contributed by atoms with Crippen LogP contribution in [0.1, 0.15) is 26.3 Å². The molecule has 2 amide bonds. The minimum absolute atomic E-state index is 0.00348. The van der Waals surface area contributed by atoms with Gasteiger partial charge in [0.05, 0.1) is 0 Å². The van der Waals surface area contributed by atoms with Crippen LogP contribution in [0.2, 0.25) is 5.02 Å². The van der Waals surface area contributed by atoms with Gasteiger partial charge < -0.3 is 10.6 Å². The fourth-order valence-electron chi connectivity index (χ4n) is 2.66. The molecule has 1 heterocycles. The van der Waals surface area contributed by atoms with Crippen molar-refractivity contribution in [2.45, 2.75) is 27.3 Å². The van der Waals surface area contributed by atoms with Gasteiger partial charge in [-0.2, -0.15) is 0 Å². The van der Waals surface area contributed by atoms with E-state index in [0.717, 1.165) is 5.56 Å². The Morgan fingerprint density at radius 1 is 1.38 bits per heavy atom. The molecule has 0 aliphatic carbocycles. The van der Waals surface area contributed by atoms with E-state index in [0.29, 0.717) is 18.1 Å². The largest absolute Gasteiger partial charge is 0.355 e. The first-order valence-electron chi connectivity index (χ1n) is 7.09. The minimum atomic E-state index is -0.632. The summed E-state index contributed by atoms with van der Waals surface area (Å²) in [6.07, 6.45) is 0. The third kappa shape index (κ3) is 3.56. The number of benzene rings is 1. The highest BCUT2D eigenvalue weighted by molar-refractivity contribution is 6.31. The van der Waals surface area contributed by atoms with E-state index < -0.39 is 5.92 Å². The molecule has 1 aliphatic heterocycles. The van der Waals surface area contributed by atoms with Gasteiger partial charge in [0, 0.05) is 24.0 Å². The molecule has 2 atom stereocenters. The zero-order chi connectivity index (χ0) is 15.6. The van der Waals surface area contributed by atoms with Crippen molar-refractivity contribution in [3.8, 4) is 0 Å². The molecule has 2 rings (SSSR count). The lowest BCUT2D eigenvalue weighted by atomic mass is 9.74. The van der Waals surface area contributed by atoms with E-state index in [9.17, 15) is 9.59 Å². The number of halogens is 1. The van der Waals surface area contributed by atoms with Crippen molar-refractivity contribution >= 4 is 23.4 Å². The Morgan fingerprint density at radius 3 is 2.67 bits per heavy atom. The molecule has 0 unspecified atom stereocenters. The molecule has 114 valence electrons. The Bertz CT molecular complexity index is 551. The quantitative estimate of drug-likeness (QED) is 0.842. The fraction of sp³-hybridized carbons (Fsp3) is 0.500. The summed E-state index contributed by atoms with van der Waals surface area (Å²) in [5.41, 5.74) is 0.740. The van der Waals surface area contributed by atoms with Gasteiger partial charge in [0.2, 0.25) is 11.8 Å². The predicted octanol–water partition coefficient (Wildman–Crippen LogP) is 2.36. The van der Waals surface area contributed by atoms with Crippen LogP contribution in [0.25, 0.3) is 0 Å². The molecule has 1 aromatic carbocycles. The molecule has 1 saturated heterocycles. The van der Waals surface area contributed by atoms with Gasteiger partial charge in [-0.3, -0.25) is 9.59 Å². The number of rotatable bonds is 3. The molecule has 4 nitrogen and oxygen atoms in total. The summed E-state index contributed by atoms with van der Waals surface area (Å²) in [7, 11) is 0. The fourth-order valence-corrected chi connectivity index (χ4v) is 2.87. The number of carbonyl (C=O) groups excluding carboxylic acids is 2. The van der Waals surface area contributed by atoms with Gasteiger partial charge in [-0.25, -0.2) is 0 Å². The average Bonchev–Trinajstić information content (AvgIpc) is 2.79. The molecule has 1 aromatic rings. The number of hydrogen-bond donors (Lipinski definition) is 2. The number of carbonyl (C=O) groups is 2. The maximum absolute atomic E-state index is 12.4. The van der Waals surface area contributed by atoms with Crippen molar-refractivity contribution < 1.29 is 9.59 Å². The van der Waals surface area contributed by atoms with Crippen LogP contribution in [0.15, 0.2) is 24.3 Å². The summed E-state index contributed by atoms with van der Waals surface area (Å²) >= 11 is 6.07. The van der Waals surface area contributed by atoms with Crippen molar-refractivity contribution in [3.63, 3.8) is 0 Å². The van der Waals surface area contributed by atoms with E-state index in [2.05, 4.69) is 10.6 Å². The molecule has 5 heteroatoms. The topological polar surface area (TPSA) is 58.2 Å². The second-order valence-electron chi connectivity index (χ2n) is 6.50. The van der Waals surface area contributed by atoms with Gasteiger partial charge in [-0.15, -0.1) is 0 Å². The number of hydrogen-bond acceptors (Lipinski definition) is 2. The van der Waals surface area contributed by atoms with Crippen molar-refractivity contribution in [2.75, 3.05) is 6.54 Å². The lowest BCUT2D eigenvalue weighted by molar-refractivity contribution is -0.135. The molecule has 0 spiro atoms. The third-order valence-electron chi connectivity index (χ3n) is 3.99. The molecule has 0 bridgehead atoms. The first-order chi connectivity index (χ1) is 9.80. The van der Waals surface area contributed by atoms with Crippen LogP contribution >= 0.6 is 11.6 Å². The van der Waals surface area contributed by atoms with Crippen molar-refractivity contribution in [1.82, 2.24) is 10.6 Å². The maximum atomic E-state index is 12.4. The smallest absolute Gasteiger partial charge is 0.233 e. The molecule has 0 saturated carbocycles. The van der Waals surface area contributed by atoms with Crippen molar-refractivity contribution in [2.24, 2.45) is 17.3 Å². The van der Waals surface area contributed by atoms with Gasteiger partial charge in [-0.1, -0.05) is 50.6 Å². The molecule has 21 heavy (non-hydrogen) atoms. The molecular weight excluding hydrogens is 288 g/mol. The lowest BCUT2D eigenvalue weighted by Gasteiger charge is -2.29. The standard InChI is InChI=1S/C16H21ClN2O2/c1-16(2,3)11-9-19-15(21)13(11)14(20)18-8-10-6-4-5-7-12(10)17/h4-7,11,13H,8-9H2,1-3H3,(H,18,20)(H,19,21)/t11-,13-/m0/s1. The van der Waals surface area contributed by atoms with Crippen LogP contribution in [0.5, 0.6) is 0 Å². The third-order valence-corrected chi connectivity index (χ3v) is 4.36. The van der Waals surface area contributed by atoms with Crippen LogP contribution in [0.4, 0.5) is 0 Å². The second-order valence-corrected chi connectivity index (χ2v) is 6.91. The Balaban J connectivity index is 2.05. The van der Waals surface area contributed by atoms with Gasteiger partial charge in [-0.05, 0) is 17.0 Å². The Kier molecular flexibility index (Phi) is 4.57.